The van der Waals surface area contributed by atoms with Crippen LogP contribution in [0.1, 0.15) is 46.5 Å². The fraction of sp³-hybridized carbons (Fsp3) is 1.00. The SMILES string of the molecule is CCC(C)COC1CCC(C)CC1[N+](=O)[O-]. The van der Waals surface area contributed by atoms with E-state index in [4.69, 9.17) is 4.74 Å². The molecule has 0 aromatic rings. The molecule has 16 heavy (non-hydrogen) atoms. The van der Waals surface area contributed by atoms with Gasteiger partial charge in [-0.05, 0) is 24.7 Å². The van der Waals surface area contributed by atoms with Crippen LogP contribution in [0.15, 0.2) is 0 Å². The average Bonchev–Trinajstić information content (AvgIpc) is 2.26. The molecule has 0 spiro atoms. The maximum atomic E-state index is 11.0. The first-order valence-electron chi connectivity index (χ1n) is 6.29. The molecule has 0 heterocycles. The molecule has 0 N–H and O–H groups in total. The smallest absolute Gasteiger partial charge is 0.239 e. The number of rotatable bonds is 5. The zero-order valence-electron chi connectivity index (χ0n) is 10.5. The van der Waals surface area contributed by atoms with E-state index in [1.807, 2.05) is 0 Å². The summed E-state index contributed by atoms with van der Waals surface area (Å²) in [6, 6.07) is -0.493. The second-order valence-electron chi connectivity index (χ2n) is 5.16. The van der Waals surface area contributed by atoms with Gasteiger partial charge in [-0.25, -0.2) is 0 Å². The van der Waals surface area contributed by atoms with Crippen LogP contribution in [0.2, 0.25) is 0 Å². The Kier molecular flexibility index (Phi) is 5.19. The standard InChI is InChI=1S/C12H23NO3/c1-4-9(2)8-16-12-6-5-10(3)7-11(12)13(14)15/h9-12H,4-8H2,1-3H3. The molecule has 0 amide bonds. The summed E-state index contributed by atoms with van der Waals surface area (Å²) >= 11 is 0. The topological polar surface area (TPSA) is 52.4 Å². The highest BCUT2D eigenvalue weighted by atomic mass is 16.6. The van der Waals surface area contributed by atoms with Gasteiger partial charge >= 0.3 is 0 Å². The van der Waals surface area contributed by atoms with Gasteiger partial charge in [-0.3, -0.25) is 10.1 Å². The number of nitrogens with zero attached hydrogens (tertiary/aromatic N) is 1. The van der Waals surface area contributed by atoms with Crippen molar-refractivity contribution in [2.24, 2.45) is 11.8 Å². The Bertz CT molecular complexity index is 232. The molecule has 1 aliphatic rings. The molecule has 0 aromatic heterocycles. The minimum absolute atomic E-state index is 0.156. The third-order valence-corrected chi connectivity index (χ3v) is 3.58. The van der Waals surface area contributed by atoms with Gasteiger partial charge in [0.1, 0.15) is 6.10 Å². The summed E-state index contributed by atoms with van der Waals surface area (Å²) < 4.78 is 5.72. The lowest BCUT2D eigenvalue weighted by molar-refractivity contribution is -0.540. The van der Waals surface area contributed by atoms with Gasteiger partial charge in [-0.1, -0.05) is 27.2 Å². The molecule has 1 fully saturated rings. The zero-order valence-corrected chi connectivity index (χ0v) is 10.5. The first-order valence-corrected chi connectivity index (χ1v) is 6.29. The van der Waals surface area contributed by atoms with E-state index in [1.165, 1.54) is 0 Å². The Morgan fingerprint density at radius 3 is 2.75 bits per heavy atom. The molecule has 4 atom stereocenters. The fourth-order valence-corrected chi connectivity index (χ4v) is 2.15. The van der Waals surface area contributed by atoms with E-state index in [-0.39, 0.29) is 11.0 Å². The Morgan fingerprint density at radius 2 is 2.19 bits per heavy atom. The van der Waals surface area contributed by atoms with Crippen LogP contribution in [0.5, 0.6) is 0 Å². The maximum absolute atomic E-state index is 11.0. The van der Waals surface area contributed by atoms with Crippen molar-refractivity contribution < 1.29 is 9.66 Å². The molecule has 0 aromatic carbocycles. The van der Waals surface area contributed by atoms with E-state index in [9.17, 15) is 10.1 Å². The van der Waals surface area contributed by atoms with E-state index >= 15 is 0 Å². The highest BCUT2D eigenvalue weighted by molar-refractivity contribution is 4.79. The third kappa shape index (κ3) is 3.74. The summed E-state index contributed by atoms with van der Waals surface area (Å²) in [5, 5.41) is 11.0. The number of nitro groups is 1. The van der Waals surface area contributed by atoms with E-state index in [0.717, 1.165) is 19.3 Å². The van der Waals surface area contributed by atoms with Crippen molar-refractivity contribution in [3.8, 4) is 0 Å². The highest BCUT2D eigenvalue weighted by Crippen LogP contribution is 2.28. The van der Waals surface area contributed by atoms with Crippen LogP contribution in [-0.2, 0) is 4.74 Å². The van der Waals surface area contributed by atoms with Crippen LogP contribution in [-0.4, -0.2) is 23.7 Å². The minimum Gasteiger partial charge on any atom is -0.371 e. The molecule has 1 aliphatic carbocycles. The highest BCUT2D eigenvalue weighted by Gasteiger charge is 2.37. The van der Waals surface area contributed by atoms with Crippen molar-refractivity contribution in [3.05, 3.63) is 10.1 Å². The molecule has 0 bridgehead atoms. The second-order valence-corrected chi connectivity index (χ2v) is 5.16. The van der Waals surface area contributed by atoms with Crippen molar-refractivity contribution in [1.82, 2.24) is 0 Å². The van der Waals surface area contributed by atoms with Crippen LogP contribution < -0.4 is 0 Å². The molecular weight excluding hydrogens is 206 g/mol. The van der Waals surface area contributed by atoms with E-state index in [1.54, 1.807) is 0 Å². The van der Waals surface area contributed by atoms with Crippen LogP contribution in [0.3, 0.4) is 0 Å². The second kappa shape index (κ2) is 6.18. The largest absolute Gasteiger partial charge is 0.371 e. The Morgan fingerprint density at radius 1 is 1.50 bits per heavy atom. The molecule has 0 radical (unpaired) electrons. The molecule has 4 unspecified atom stereocenters. The van der Waals surface area contributed by atoms with Crippen molar-refractivity contribution >= 4 is 0 Å². The lowest BCUT2D eigenvalue weighted by Gasteiger charge is -2.29. The summed E-state index contributed by atoms with van der Waals surface area (Å²) in [7, 11) is 0. The summed E-state index contributed by atoms with van der Waals surface area (Å²) in [5.74, 6) is 0.950. The maximum Gasteiger partial charge on any atom is 0.239 e. The van der Waals surface area contributed by atoms with Gasteiger partial charge in [0.2, 0.25) is 6.04 Å². The number of hydrogen-bond donors (Lipinski definition) is 0. The third-order valence-electron chi connectivity index (χ3n) is 3.58. The molecular formula is C12H23NO3. The van der Waals surface area contributed by atoms with Crippen LogP contribution in [0.25, 0.3) is 0 Å². The minimum atomic E-state index is -0.493. The molecule has 1 rings (SSSR count). The van der Waals surface area contributed by atoms with E-state index < -0.39 is 6.04 Å². The predicted octanol–water partition coefficient (Wildman–Crippen LogP) is 2.88. The molecule has 0 saturated heterocycles. The Balaban J connectivity index is 2.46. The monoisotopic (exact) mass is 229 g/mol. The van der Waals surface area contributed by atoms with Crippen LogP contribution >= 0.6 is 0 Å². The Labute approximate surface area is 97.5 Å². The van der Waals surface area contributed by atoms with Gasteiger partial charge in [0.15, 0.2) is 0 Å². The van der Waals surface area contributed by atoms with Crippen molar-refractivity contribution in [2.45, 2.75) is 58.6 Å². The average molecular weight is 229 g/mol. The van der Waals surface area contributed by atoms with Crippen molar-refractivity contribution in [3.63, 3.8) is 0 Å². The molecule has 0 aliphatic heterocycles. The quantitative estimate of drug-likeness (QED) is 0.538. The lowest BCUT2D eigenvalue weighted by atomic mass is 9.85. The van der Waals surface area contributed by atoms with Crippen molar-refractivity contribution in [2.75, 3.05) is 6.61 Å². The van der Waals surface area contributed by atoms with Gasteiger partial charge in [-0.15, -0.1) is 0 Å². The van der Waals surface area contributed by atoms with Crippen LogP contribution in [0.4, 0.5) is 0 Å². The molecule has 4 heteroatoms. The molecule has 1 saturated carbocycles. The van der Waals surface area contributed by atoms with Crippen LogP contribution in [0, 0.1) is 22.0 Å². The summed E-state index contributed by atoms with van der Waals surface area (Å²) in [5.41, 5.74) is 0. The van der Waals surface area contributed by atoms with E-state index in [2.05, 4.69) is 20.8 Å². The lowest BCUT2D eigenvalue weighted by Crippen LogP contribution is -2.41. The zero-order chi connectivity index (χ0) is 12.1. The predicted molar refractivity (Wildman–Crippen MR) is 63.0 cm³/mol. The normalized spacial score (nSPS) is 32.3. The molecule has 94 valence electrons. The summed E-state index contributed by atoms with van der Waals surface area (Å²) in [4.78, 5) is 10.8. The number of hydrogen-bond acceptors (Lipinski definition) is 3. The molecule has 4 nitrogen and oxygen atoms in total. The summed E-state index contributed by atoms with van der Waals surface area (Å²) in [6.07, 6.45) is 3.45. The first kappa shape index (κ1) is 13.4. The van der Waals surface area contributed by atoms with Crippen molar-refractivity contribution in [1.29, 1.82) is 0 Å². The summed E-state index contributed by atoms with van der Waals surface area (Å²) in [6.45, 7) is 6.97. The first-order chi connectivity index (χ1) is 7.54. The van der Waals surface area contributed by atoms with Gasteiger partial charge in [-0.2, -0.15) is 0 Å². The fourth-order valence-electron chi connectivity index (χ4n) is 2.15. The van der Waals surface area contributed by atoms with E-state index in [0.29, 0.717) is 24.9 Å². The number of ether oxygens (including phenoxy) is 1. The van der Waals surface area contributed by atoms with Gasteiger partial charge in [0.05, 0.1) is 0 Å². The van der Waals surface area contributed by atoms with Gasteiger partial charge in [0.25, 0.3) is 0 Å². The Hall–Kier alpha value is -0.640. The van der Waals surface area contributed by atoms with Gasteiger partial charge in [0, 0.05) is 18.0 Å². The van der Waals surface area contributed by atoms with Gasteiger partial charge < -0.3 is 4.74 Å².